The Morgan fingerprint density at radius 2 is 1.32 bits per heavy atom. The lowest BCUT2D eigenvalue weighted by molar-refractivity contribution is -0.986. The van der Waals surface area contributed by atoms with Crippen LogP contribution in [0.1, 0.15) is 11.3 Å². The molecule has 3 rings (SSSR count). The van der Waals surface area contributed by atoms with E-state index in [1.165, 1.54) is 16.8 Å². The van der Waals surface area contributed by atoms with Crippen molar-refractivity contribution in [1.29, 1.82) is 0 Å². The first-order valence-electron chi connectivity index (χ1n) is 7.85. The molecule has 1 heterocycles. The van der Waals surface area contributed by atoms with E-state index in [-0.39, 0.29) is 17.8 Å². The van der Waals surface area contributed by atoms with Crippen LogP contribution in [0.5, 0.6) is 0 Å². The van der Waals surface area contributed by atoms with Crippen LogP contribution in [0.25, 0.3) is 11.3 Å². The summed E-state index contributed by atoms with van der Waals surface area (Å²) in [4.78, 5) is 29.8. The van der Waals surface area contributed by atoms with E-state index >= 15 is 0 Å². The second kappa shape index (κ2) is 7.19. The van der Waals surface area contributed by atoms with Crippen molar-refractivity contribution >= 4 is 0 Å². The quantitative estimate of drug-likeness (QED) is 0.339. The van der Waals surface area contributed by atoms with Gasteiger partial charge in [-0.3, -0.25) is 30.3 Å². The summed E-state index contributed by atoms with van der Waals surface area (Å²) < 4.78 is 1.17. The third kappa shape index (κ3) is 2.92. The molecule has 0 bridgehead atoms. The molecule has 0 spiro atoms. The van der Waals surface area contributed by atoms with Crippen LogP contribution in [0.3, 0.4) is 0 Å². The van der Waals surface area contributed by atoms with E-state index in [4.69, 9.17) is 0 Å². The highest BCUT2D eigenvalue weighted by molar-refractivity contribution is 5.62. The molecule has 1 aromatic heterocycles. The fourth-order valence-electron chi connectivity index (χ4n) is 2.75. The molecule has 28 heavy (non-hydrogen) atoms. The van der Waals surface area contributed by atoms with Gasteiger partial charge >= 0.3 is 11.5 Å². The molecule has 0 radical (unpaired) electrons. The number of nitrogens with zero attached hydrogens (tertiary/aromatic N) is 6. The predicted molar refractivity (Wildman–Crippen MR) is 93.7 cm³/mol. The van der Waals surface area contributed by atoms with E-state index in [1.807, 2.05) is 0 Å². The molecule has 0 aliphatic rings. The average molecular weight is 384 g/mol. The van der Waals surface area contributed by atoms with Crippen LogP contribution in [0, 0.1) is 30.3 Å². The van der Waals surface area contributed by atoms with Gasteiger partial charge in [0, 0.05) is 5.56 Å². The first kappa shape index (κ1) is 18.6. The molecule has 142 valence electrons. The van der Waals surface area contributed by atoms with Gasteiger partial charge in [0.05, 0.1) is 6.54 Å². The SMILES string of the molecule is O=[N+]([O-])C(c1nnn(Cc2ccccc2)c1-c1ccccc1)([N+](=O)[O-])[N+](=O)[O-]. The summed E-state index contributed by atoms with van der Waals surface area (Å²) in [5, 5.41) is 41.8. The molecule has 0 amide bonds. The lowest BCUT2D eigenvalue weighted by Gasteiger charge is -2.10. The van der Waals surface area contributed by atoms with Crippen LogP contribution < -0.4 is 0 Å². The third-order valence-corrected chi connectivity index (χ3v) is 4.04. The Bertz CT molecular complexity index is 1000. The van der Waals surface area contributed by atoms with Gasteiger partial charge < -0.3 is 0 Å². The van der Waals surface area contributed by atoms with E-state index in [1.54, 1.807) is 48.5 Å². The van der Waals surface area contributed by atoms with E-state index in [2.05, 4.69) is 10.3 Å². The van der Waals surface area contributed by atoms with Crippen LogP contribution in [0.4, 0.5) is 0 Å². The van der Waals surface area contributed by atoms with Gasteiger partial charge in [-0.25, -0.2) is 4.68 Å². The zero-order valence-electron chi connectivity index (χ0n) is 14.1. The van der Waals surface area contributed by atoms with Crippen molar-refractivity contribution in [3.05, 3.63) is 102 Å². The van der Waals surface area contributed by atoms with Gasteiger partial charge in [0.2, 0.25) is 0 Å². The number of benzene rings is 2. The summed E-state index contributed by atoms with van der Waals surface area (Å²) in [5.74, 6) is -3.87. The summed E-state index contributed by atoms with van der Waals surface area (Å²) in [6, 6.07) is 16.6. The minimum Gasteiger partial charge on any atom is -0.252 e. The lowest BCUT2D eigenvalue weighted by Crippen LogP contribution is -2.50. The first-order chi connectivity index (χ1) is 13.4. The van der Waals surface area contributed by atoms with E-state index < -0.39 is 26.3 Å². The first-order valence-corrected chi connectivity index (χ1v) is 7.85. The topological polar surface area (TPSA) is 160 Å². The maximum Gasteiger partial charge on any atom is 0.749 e. The van der Waals surface area contributed by atoms with Gasteiger partial charge in [-0.2, -0.15) is 0 Å². The molecule has 3 aromatic rings. The number of nitro groups is 3. The normalized spacial score (nSPS) is 11.1. The highest BCUT2D eigenvalue weighted by Gasteiger charge is 2.76. The van der Waals surface area contributed by atoms with E-state index in [0.717, 1.165) is 5.56 Å². The Morgan fingerprint density at radius 1 is 0.821 bits per heavy atom. The molecule has 12 nitrogen and oxygen atoms in total. The highest BCUT2D eigenvalue weighted by atomic mass is 16.7. The molecule has 0 fully saturated rings. The van der Waals surface area contributed by atoms with Crippen molar-refractivity contribution in [2.45, 2.75) is 12.3 Å². The van der Waals surface area contributed by atoms with Crippen molar-refractivity contribution < 1.29 is 14.8 Å². The Morgan fingerprint density at radius 3 is 1.82 bits per heavy atom. The van der Waals surface area contributed by atoms with Gasteiger partial charge in [0.1, 0.15) is 5.69 Å². The second-order valence-corrected chi connectivity index (χ2v) is 5.70. The van der Waals surface area contributed by atoms with Crippen LogP contribution in [-0.4, -0.2) is 29.8 Å². The maximum atomic E-state index is 11.5. The Labute approximate surface area is 156 Å². The molecule has 0 N–H and O–H groups in total. The zero-order chi connectivity index (χ0) is 20.3. The molecule has 0 aliphatic carbocycles. The number of rotatable bonds is 7. The third-order valence-electron chi connectivity index (χ3n) is 4.04. The lowest BCUT2D eigenvalue weighted by atomic mass is 10.1. The monoisotopic (exact) mass is 384 g/mol. The van der Waals surface area contributed by atoms with E-state index in [0.29, 0.717) is 0 Å². The molecule has 0 atom stereocenters. The van der Waals surface area contributed by atoms with Gasteiger partial charge in [0.25, 0.3) is 0 Å². The largest absolute Gasteiger partial charge is 0.749 e. The van der Waals surface area contributed by atoms with Crippen molar-refractivity contribution in [1.82, 2.24) is 15.0 Å². The van der Waals surface area contributed by atoms with Gasteiger partial charge in [-0.15, -0.1) is 5.10 Å². The van der Waals surface area contributed by atoms with Crippen molar-refractivity contribution in [3.8, 4) is 11.3 Å². The Kier molecular flexibility index (Phi) is 4.76. The predicted octanol–water partition coefficient (Wildman–Crippen LogP) is 1.93. The van der Waals surface area contributed by atoms with Crippen molar-refractivity contribution in [3.63, 3.8) is 0 Å². The Balaban J connectivity index is 2.29. The molecule has 0 saturated carbocycles. The van der Waals surface area contributed by atoms with Crippen LogP contribution in [0.15, 0.2) is 60.7 Å². The van der Waals surface area contributed by atoms with Crippen LogP contribution >= 0.6 is 0 Å². The highest BCUT2D eigenvalue weighted by Crippen LogP contribution is 2.34. The van der Waals surface area contributed by atoms with Crippen molar-refractivity contribution in [2.75, 3.05) is 0 Å². The number of hydrogen-bond acceptors (Lipinski definition) is 8. The summed E-state index contributed by atoms with van der Waals surface area (Å²) in [5.41, 5.74) is -0.136. The van der Waals surface area contributed by atoms with E-state index in [9.17, 15) is 30.3 Å². The standard InChI is InChI=1S/C16H12N6O6/c23-20(24)16(21(25)26,22(27)28)15-14(13-9-5-2-6-10-13)19(18-17-15)11-12-7-3-1-4-8-12/h1-10H,11H2. The number of hydrogen-bond donors (Lipinski definition) is 0. The van der Waals surface area contributed by atoms with Gasteiger partial charge in [-0.1, -0.05) is 65.9 Å². The van der Waals surface area contributed by atoms with Crippen LogP contribution in [-0.2, 0) is 12.3 Å². The molecule has 2 aromatic carbocycles. The molecule has 12 heteroatoms. The maximum absolute atomic E-state index is 11.5. The summed E-state index contributed by atoms with van der Waals surface area (Å²) in [6.07, 6.45) is 0. The van der Waals surface area contributed by atoms with Gasteiger partial charge in [-0.05, 0) is 5.56 Å². The minimum atomic E-state index is -3.87. The smallest absolute Gasteiger partial charge is 0.252 e. The minimum absolute atomic E-state index is 0.0568. The summed E-state index contributed by atoms with van der Waals surface area (Å²) in [6.45, 7) is 0.0568. The summed E-state index contributed by atoms with van der Waals surface area (Å²) >= 11 is 0. The number of aromatic nitrogens is 3. The Hall–Kier alpha value is -4.22. The van der Waals surface area contributed by atoms with Crippen LogP contribution in [0.2, 0.25) is 0 Å². The molecular weight excluding hydrogens is 372 g/mol. The molecule has 0 unspecified atom stereocenters. The average Bonchev–Trinajstić information content (AvgIpc) is 3.06. The summed E-state index contributed by atoms with van der Waals surface area (Å²) in [7, 11) is 0. The zero-order valence-corrected chi connectivity index (χ0v) is 14.1. The molecule has 0 saturated heterocycles. The molecule has 0 aliphatic heterocycles. The van der Waals surface area contributed by atoms with Crippen molar-refractivity contribution in [2.24, 2.45) is 0 Å². The fraction of sp³-hybridized carbons (Fsp3) is 0.125. The second-order valence-electron chi connectivity index (χ2n) is 5.70. The molecular formula is C16H12N6O6. The van der Waals surface area contributed by atoms with Gasteiger partial charge in [0.15, 0.2) is 14.8 Å². The fourth-order valence-corrected chi connectivity index (χ4v) is 2.75.